The molecule has 0 atom stereocenters. The number of hydrogen-bond donors (Lipinski definition) is 3. The van der Waals surface area contributed by atoms with Gasteiger partial charge in [-0.25, -0.2) is 4.79 Å². The topological polar surface area (TPSA) is 87.0 Å². The van der Waals surface area contributed by atoms with Gasteiger partial charge in [0, 0.05) is 14.5 Å². The minimum absolute atomic E-state index is 0.000648. The van der Waals surface area contributed by atoms with Crippen LogP contribution in [0.1, 0.15) is 15.9 Å². The molecule has 0 fully saturated rings. The molecule has 9 heteroatoms. The average molecular weight is 470 g/mol. The van der Waals surface area contributed by atoms with Gasteiger partial charge in [0.05, 0.1) is 6.61 Å². The zero-order chi connectivity index (χ0) is 18.3. The Hall–Kier alpha value is -1.71. The van der Waals surface area contributed by atoms with Gasteiger partial charge in [0.1, 0.15) is 17.1 Å². The standard InChI is InChI=1S/C8H7BrF2O2.C7H5BrO3/c9-6-1-2-7(13-8(10)11)5(3-6)4-12;8-4-1-2-6(9)5(3-4)7(10)11/h1-3,8,12H,4H2;1-3,9H,(H,10,11). The van der Waals surface area contributed by atoms with Crippen LogP contribution < -0.4 is 4.74 Å². The van der Waals surface area contributed by atoms with Crippen LogP contribution in [0.4, 0.5) is 8.78 Å². The number of carboxylic acid groups (broad SMARTS) is 1. The monoisotopic (exact) mass is 468 g/mol. The highest BCUT2D eigenvalue weighted by molar-refractivity contribution is 9.10. The summed E-state index contributed by atoms with van der Waals surface area (Å²) < 4.78 is 29.2. The van der Waals surface area contributed by atoms with E-state index in [-0.39, 0.29) is 23.7 Å². The smallest absolute Gasteiger partial charge is 0.387 e. The average Bonchev–Trinajstić information content (AvgIpc) is 2.51. The van der Waals surface area contributed by atoms with E-state index in [0.29, 0.717) is 14.5 Å². The second-order valence-electron chi connectivity index (χ2n) is 4.26. The molecule has 3 N–H and O–H groups in total. The van der Waals surface area contributed by atoms with Gasteiger partial charge in [-0.3, -0.25) is 0 Å². The molecule has 0 aliphatic rings. The van der Waals surface area contributed by atoms with Crippen LogP contribution in [0.25, 0.3) is 0 Å². The van der Waals surface area contributed by atoms with Crippen LogP contribution in [0.3, 0.4) is 0 Å². The molecule has 5 nitrogen and oxygen atoms in total. The van der Waals surface area contributed by atoms with Crippen molar-refractivity contribution in [3.8, 4) is 11.5 Å². The summed E-state index contributed by atoms with van der Waals surface area (Å²) >= 11 is 6.24. The molecule has 2 aromatic rings. The number of carboxylic acids is 1. The predicted octanol–water partition coefficient (Wildman–Crippen LogP) is 4.40. The van der Waals surface area contributed by atoms with E-state index in [1.807, 2.05) is 0 Å². The number of alkyl halides is 2. The molecule has 0 aliphatic heterocycles. The summed E-state index contributed by atoms with van der Waals surface area (Å²) in [7, 11) is 0. The number of ether oxygens (including phenoxy) is 1. The van der Waals surface area contributed by atoms with Gasteiger partial charge in [0.25, 0.3) is 0 Å². The molecule has 130 valence electrons. The zero-order valence-electron chi connectivity index (χ0n) is 11.9. The number of benzene rings is 2. The molecule has 0 saturated heterocycles. The second-order valence-corrected chi connectivity index (χ2v) is 6.09. The number of aromatic hydroxyl groups is 1. The quantitative estimate of drug-likeness (QED) is 0.617. The number of aromatic carboxylic acids is 1. The van der Waals surface area contributed by atoms with E-state index < -0.39 is 12.6 Å². The summed E-state index contributed by atoms with van der Waals surface area (Å²) in [4.78, 5) is 10.4. The summed E-state index contributed by atoms with van der Waals surface area (Å²) in [5.41, 5.74) is 0.231. The van der Waals surface area contributed by atoms with Gasteiger partial charge in [0.2, 0.25) is 0 Å². The van der Waals surface area contributed by atoms with Gasteiger partial charge in [-0.05, 0) is 36.4 Å². The minimum Gasteiger partial charge on any atom is -0.507 e. The second kappa shape index (κ2) is 9.55. The van der Waals surface area contributed by atoms with Crippen molar-refractivity contribution in [1.29, 1.82) is 0 Å². The van der Waals surface area contributed by atoms with Crippen molar-refractivity contribution in [2.75, 3.05) is 0 Å². The number of halogens is 4. The van der Waals surface area contributed by atoms with E-state index in [2.05, 4.69) is 36.6 Å². The number of aliphatic hydroxyl groups excluding tert-OH is 1. The van der Waals surface area contributed by atoms with Crippen LogP contribution >= 0.6 is 31.9 Å². The van der Waals surface area contributed by atoms with Crippen molar-refractivity contribution in [2.45, 2.75) is 13.2 Å². The molecular formula is C15H12Br2F2O5. The van der Waals surface area contributed by atoms with E-state index in [9.17, 15) is 13.6 Å². The van der Waals surface area contributed by atoms with Crippen LogP contribution in [0, 0.1) is 0 Å². The summed E-state index contributed by atoms with van der Waals surface area (Å²) in [6.07, 6.45) is 0. The lowest BCUT2D eigenvalue weighted by Gasteiger charge is -2.08. The van der Waals surface area contributed by atoms with E-state index in [1.165, 1.54) is 24.3 Å². The van der Waals surface area contributed by atoms with Gasteiger partial charge in [-0.15, -0.1) is 0 Å². The third-order valence-corrected chi connectivity index (χ3v) is 3.58. The number of hydrogen-bond acceptors (Lipinski definition) is 4. The summed E-state index contributed by atoms with van der Waals surface area (Å²) in [6, 6.07) is 8.71. The lowest BCUT2D eigenvalue weighted by molar-refractivity contribution is -0.0509. The highest BCUT2D eigenvalue weighted by atomic mass is 79.9. The SMILES string of the molecule is O=C(O)c1cc(Br)ccc1O.OCc1cc(Br)ccc1OC(F)F. The molecule has 0 aliphatic carbocycles. The Morgan fingerprint density at radius 2 is 1.71 bits per heavy atom. The zero-order valence-corrected chi connectivity index (χ0v) is 15.1. The molecule has 0 radical (unpaired) electrons. The Labute approximate surface area is 152 Å². The Balaban J connectivity index is 0.000000243. The molecule has 0 spiro atoms. The molecule has 0 bridgehead atoms. The van der Waals surface area contributed by atoms with Crippen LogP contribution in [0.5, 0.6) is 11.5 Å². The normalized spacial score (nSPS) is 10.1. The molecule has 0 aromatic heterocycles. The van der Waals surface area contributed by atoms with Crippen molar-refractivity contribution in [3.63, 3.8) is 0 Å². The fourth-order valence-electron chi connectivity index (χ4n) is 1.56. The number of carbonyl (C=O) groups is 1. The first-order chi connectivity index (χ1) is 11.2. The summed E-state index contributed by atoms with van der Waals surface area (Å²) in [5.74, 6) is -1.36. The molecule has 0 unspecified atom stereocenters. The van der Waals surface area contributed by atoms with Gasteiger partial charge in [0.15, 0.2) is 0 Å². The summed E-state index contributed by atoms with van der Waals surface area (Å²) in [6.45, 7) is -3.20. The van der Waals surface area contributed by atoms with Crippen LogP contribution in [0.15, 0.2) is 45.3 Å². The Bertz CT molecular complexity index is 710. The predicted molar refractivity (Wildman–Crippen MR) is 89.5 cm³/mol. The van der Waals surface area contributed by atoms with Gasteiger partial charge in [-0.2, -0.15) is 8.78 Å². The fourth-order valence-corrected chi connectivity index (χ4v) is 2.33. The lowest BCUT2D eigenvalue weighted by Crippen LogP contribution is -2.04. The van der Waals surface area contributed by atoms with Gasteiger partial charge in [-0.1, -0.05) is 31.9 Å². The van der Waals surface area contributed by atoms with E-state index in [4.69, 9.17) is 15.3 Å². The lowest BCUT2D eigenvalue weighted by atomic mass is 10.2. The Morgan fingerprint density at radius 3 is 2.21 bits per heavy atom. The molecule has 0 heterocycles. The number of phenols is 1. The van der Waals surface area contributed by atoms with E-state index in [1.54, 1.807) is 12.1 Å². The first-order valence-electron chi connectivity index (χ1n) is 6.30. The number of aliphatic hydroxyl groups is 1. The van der Waals surface area contributed by atoms with Crippen LogP contribution in [-0.2, 0) is 6.61 Å². The largest absolute Gasteiger partial charge is 0.507 e. The number of rotatable bonds is 4. The highest BCUT2D eigenvalue weighted by Crippen LogP contribution is 2.24. The molecule has 2 rings (SSSR count). The van der Waals surface area contributed by atoms with E-state index >= 15 is 0 Å². The van der Waals surface area contributed by atoms with Gasteiger partial charge < -0.3 is 20.1 Å². The van der Waals surface area contributed by atoms with Crippen LogP contribution in [0.2, 0.25) is 0 Å². The highest BCUT2D eigenvalue weighted by Gasteiger charge is 2.09. The molecule has 2 aromatic carbocycles. The maximum absolute atomic E-state index is 11.8. The first-order valence-corrected chi connectivity index (χ1v) is 7.89. The van der Waals surface area contributed by atoms with Crippen molar-refractivity contribution in [3.05, 3.63) is 56.5 Å². The molecule has 24 heavy (non-hydrogen) atoms. The maximum Gasteiger partial charge on any atom is 0.387 e. The molecule has 0 amide bonds. The third kappa shape index (κ3) is 6.42. The molecular weight excluding hydrogens is 458 g/mol. The summed E-state index contributed by atoms with van der Waals surface area (Å²) in [5, 5.41) is 26.3. The van der Waals surface area contributed by atoms with Crippen molar-refractivity contribution in [1.82, 2.24) is 0 Å². The van der Waals surface area contributed by atoms with Crippen molar-refractivity contribution in [2.24, 2.45) is 0 Å². The van der Waals surface area contributed by atoms with Crippen molar-refractivity contribution >= 4 is 37.8 Å². The van der Waals surface area contributed by atoms with Gasteiger partial charge >= 0.3 is 12.6 Å². The van der Waals surface area contributed by atoms with Crippen LogP contribution in [-0.4, -0.2) is 27.9 Å². The van der Waals surface area contributed by atoms with Crippen molar-refractivity contribution < 1.29 is 33.6 Å². The maximum atomic E-state index is 11.8. The van der Waals surface area contributed by atoms with E-state index in [0.717, 1.165) is 0 Å². The molecule has 0 saturated carbocycles. The fraction of sp³-hybridized carbons (Fsp3) is 0.133. The Morgan fingerprint density at radius 1 is 1.12 bits per heavy atom. The third-order valence-electron chi connectivity index (χ3n) is 2.60. The first kappa shape index (κ1) is 20.3. The minimum atomic E-state index is -2.87. The Kier molecular flexibility index (Phi) is 8.09.